The number of fused-ring (bicyclic) bond motifs is 1. The largest absolute Gasteiger partial charge is 0.507 e. The molecular formula is C26H30N2O5. The highest BCUT2D eigenvalue weighted by Crippen LogP contribution is 2.41. The first kappa shape index (κ1) is 22.9. The Balaban J connectivity index is 1.82. The van der Waals surface area contributed by atoms with Gasteiger partial charge in [0.05, 0.1) is 18.2 Å². The molecule has 174 valence electrons. The molecule has 1 N–H and O–H groups in total. The molecular weight excluding hydrogens is 420 g/mol. The number of hydrogen-bond acceptors (Lipinski definition) is 6. The number of ether oxygens (including phenoxy) is 2. The number of aliphatic hydroxyl groups is 1. The van der Waals surface area contributed by atoms with Crippen LogP contribution in [0.15, 0.2) is 48.0 Å². The first-order chi connectivity index (χ1) is 15.8. The van der Waals surface area contributed by atoms with Gasteiger partial charge in [0, 0.05) is 25.1 Å². The van der Waals surface area contributed by atoms with E-state index in [2.05, 4.69) is 0 Å². The lowest BCUT2D eigenvalue weighted by atomic mass is 9.94. The number of ketones is 1. The molecule has 0 bridgehead atoms. The third kappa shape index (κ3) is 4.46. The average molecular weight is 451 g/mol. The van der Waals surface area contributed by atoms with E-state index in [1.54, 1.807) is 12.1 Å². The van der Waals surface area contributed by atoms with Crippen molar-refractivity contribution in [3.8, 4) is 11.5 Å². The van der Waals surface area contributed by atoms with Crippen LogP contribution in [0.3, 0.4) is 0 Å². The maximum Gasteiger partial charge on any atom is 0.295 e. The van der Waals surface area contributed by atoms with Crippen LogP contribution in [-0.2, 0) is 16.0 Å². The van der Waals surface area contributed by atoms with Crippen LogP contribution in [0.1, 0.15) is 36.6 Å². The minimum atomic E-state index is -0.700. The third-order valence-corrected chi connectivity index (χ3v) is 5.98. The van der Waals surface area contributed by atoms with Crippen LogP contribution in [0.25, 0.3) is 5.76 Å². The van der Waals surface area contributed by atoms with Crippen LogP contribution in [-0.4, -0.2) is 66.5 Å². The Morgan fingerprint density at radius 3 is 2.73 bits per heavy atom. The van der Waals surface area contributed by atoms with E-state index in [9.17, 15) is 14.7 Å². The standard InChI is InChI=1S/C26H30N2O5/c1-5-32-20-8-6-7-17(15-20)23-22(25(30)26(31)28(23)12-11-27(3)4)24(29)18-9-10-21-19(14-18)13-16(2)33-21/h6-10,14-16,23,29H,5,11-13H2,1-4H3/b24-22+. The summed E-state index contributed by atoms with van der Waals surface area (Å²) in [6, 6.07) is 12.0. The average Bonchev–Trinajstić information content (AvgIpc) is 3.28. The summed E-state index contributed by atoms with van der Waals surface area (Å²) >= 11 is 0. The van der Waals surface area contributed by atoms with Gasteiger partial charge < -0.3 is 24.4 Å². The van der Waals surface area contributed by atoms with E-state index >= 15 is 0 Å². The first-order valence-corrected chi connectivity index (χ1v) is 11.3. The van der Waals surface area contributed by atoms with Crippen LogP contribution in [0.5, 0.6) is 11.5 Å². The van der Waals surface area contributed by atoms with Gasteiger partial charge in [-0.2, -0.15) is 0 Å². The van der Waals surface area contributed by atoms with Gasteiger partial charge in [0.25, 0.3) is 11.7 Å². The van der Waals surface area contributed by atoms with Gasteiger partial charge in [-0.3, -0.25) is 9.59 Å². The van der Waals surface area contributed by atoms with Crippen molar-refractivity contribution in [3.63, 3.8) is 0 Å². The minimum absolute atomic E-state index is 0.0651. The van der Waals surface area contributed by atoms with E-state index in [4.69, 9.17) is 9.47 Å². The second kappa shape index (κ2) is 9.27. The lowest BCUT2D eigenvalue weighted by molar-refractivity contribution is -0.140. The van der Waals surface area contributed by atoms with Gasteiger partial charge in [0.15, 0.2) is 0 Å². The van der Waals surface area contributed by atoms with E-state index in [-0.39, 0.29) is 17.4 Å². The molecule has 1 amide bonds. The summed E-state index contributed by atoms with van der Waals surface area (Å²) in [4.78, 5) is 29.7. The van der Waals surface area contributed by atoms with Crippen LogP contribution in [0.4, 0.5) is 0 Å². The van der Waals surface area contributed by atoms with Crippen molar-refractivity contribution in [1.82, 2.24) is 9.80 Å². The SMILES string of the molecule is CCOc1cccc(C2/C(=C(\O)c3ccc4c(c3)CC(C)O4)C(=O)C(=O)N2CCN(C)C)c1. The molecule has 0 saturated carbocycles. The Kier molecular flexibility index (Phi) is 6.42. The molecule has 0 spiro atoms. The van der Waals surface area contributed by atoms with Gasteiger partial charge in [-0.25, -0.2) is 0 Å². The zero-order chi connectivity index (χ0) is 23.7. The van der Waals surface area contributed by atoms with E-state index < -0.39 is 17.7 Å². The zero-order valence-corrected chi connectivity index (χ0v) is 19.5. The van der Waals surface area contributed by atoms with Crippen molar-refractivity contribution >= 4 is 17.4 Å². The van der Waals surface area contributed by atoms with E-state index in [1.165, 1.54) is 4.90 Å². The number of benzene rings is 2. The van der Waals surface area contributed by atoms with Crippen LogP contribution < -0.4 is 9.47 Å². The first-order valence-electron chi connectivity index (χ1n) is 11.3. The number of nitrogens with zero attached hydrogens (tertiary/aromatic N) is 2. The van der Waals surface area contributed by atoms with E-state index in [0.29, 0.717) is 31.0 Å². The molecule has 2 aliphatic rings. The number of Topliss-reactive ketones (excluding diaryl/α,β-unsaturated/α-hetero) is 1. The quantitative estimate of drug-likeness (QED) is 0.396. The molecule has 33 heavy (non-hydrogen) atoms. The van der Waals surface area contributed by atoms with Gasteiger partial charge in [0.1, 0.15) is 23.4 Å². The van der Waals surface area contributed by atoms with Gasteiger partial charge in [-0.05, 0) is 69.4 Å². The Morgan fingerprint density at radius 2 is 2.00 bits per heavy atom. The number of likely N-dealkylation sites (N-methyl/N-ethyl adjacent to an activating group) is 1. The van der Waals surface area contributed by atoms with Crippen molar-refractivity contribution in [1.29, 1.82) is 0 Å². The molecule has 0 aromatic heterocycles. The molecule has 2 unspecified atom stereocenters. The Morgan fingerprint density at radius 1 is 1.21 bits per heavy atom. The number of aliphatic hydroxyl groups excluding tert-OH is 1. The third-order valence-electron chi connectivity index (χ3n) is 5.98. The predicted molar refractivity (Wildman–Crippen MR) is 125 cm³/mol. The molecule has 1 saturated heterocycles. The second-order valence-corrected chi connectivity index (χ2v) is 8.76. The summed E-state index contributed by atoms with van der Waals surface area (Å²) in [5.41, 5.74) is 2.30. The smallest absolute Gasteiger partial charge is 0.295 e. The number of amides is 1. The summed E-state index contributed by atoms with van der Waals surface area (Å²) in [6.45, 7) is 5.32. The van der Waals surface area contributed by atoms with Crippen molar-refractivity contribution in [2.45, 2.75) is 32.4 Å². The second-order valence-electron chi connectivity index (χ2n) is 8.76. The lowest BCUT2D eigenvalue weighted by Gasteiger charge is -2.27. The Labute approximate surface area is 194 Å². The molecule has 2 heterocycles. The van der Waals surface area contributed by atoms with Gasteiger partial charge in [0.2, 0.25) is 0 Å². The molecule has 2 atom stereocenters. The highest BCUT2D eigenvalue weighted by atomic mass is 16.5. The molecule has 2 aromatic rings. The molecule has 1 fully saturated rings. The van der Waals surface area contributed by atoms with E-state index in [0.717, 1.165) is 23.3 Å². The molecule has 7 heteroatoms. The Hall–Kier alpha value is -3.32. The number of hydrogen-bond donors (Lipinski definition) is 1. The maximum atomic E-state index is 13.2. The van der Waals surface area contributed by atoms with Crippen LogP contribution in [0, 0.1) is 0 Å². The minimum Gasteiger partial charge on any atom is -0.507 e. The summed E-state index contributed by atoms with van der Waals surface area (Å²) in [5.74, 6) is -0.0234. The molecule has 7 nitrogen and oxygen atoms in total. The summed E-state index contributed by atoms with van der Waals surface area (Å²) in [5, 5.41) is 11.3. The molecule has 2 aromatic carbocycles. The fraction of sp³-hybridized carbons (Fsp3) is 0.385. The molecule has 4 rings (SSSR count). The van der Waals surface area contributed by atoms with Crippen molar-refractivity contribution in [2.75, 3.05) is 33.8 Å². The highest BCUT2D eigenvalue weighted by Gasteiger charge is 2.46. The van der Waals surface area contributed by atoms with Gasteiger partial charge in [-0.1, -0.05) is 12.1 Å². The fourth-order valence-corrected chi connectivity index (χ4v) is 4.43. The predicted octanol–water partition coefficient (Wildman–Crippen LogP) is 3.39. The summed E-state index contributed by atoms with van der Waals surface area (Å²) in [6.07, 6.45) is 0.795. The van der Waals surface area contributed by atoms with Crippen molar-refractivity contribution in [2.24, 2.45) is 0 Å². The molecule has 2 aliphatic heterocycles. The normalized spacial score (nSPS) is 21.4. The highest BCUT2D eigenvalue weighted by molar-refractivity contribution is 6.46. The number of carbonyl (C=O) groups excluding carboxylic acids is 2. The van der Waals surface area contributed by atoms with Crippen molar-refractivity contribution < 1.29 is 24.2 Å². The number of rotatable bonds is 7. The number of likely N-dealkylation sites (tertiary alicyclic amines) is 1. The topological polar surface area (TPSA) is 79.3 Å². The number of carbonyl (C=O) groups is 2. The van der Waals surface area contributed by atoms with Gasteiger partial charge in [-0.15, -0.1) is 0 Å². The van der Waals surface area contributed by atoms with Crippen molar-refractivity contribution in [3.05, 3.63) is 64.7 Å². The molecule has 0 radical (unpaired) electrons. The summed E-state index contributed by atoms with van der Waals surface area (Å²) < 4.78 is 11.4. The van der Waals surface area contributed by atoms with Crippen LogP contribution in [0.2, 0.25) is 0 Å². The maximum absolute atomic E-state index is 13.2. The Bertz CT molecular complexity index is 1110. The van der Waals surface area contributed by atoms with Crippen LogP contribution >= 0.6 is 0 Å². The fourth-order valence-electron chi connectivity index (χ4n) is 4.43. The van der Waals surface area contributed by atoms with E-state index in [1.807, 2.05) is 63.2 Å². The zero-order valence-electron chi connectivity index (χ0n) is 19.5. The lowest BCUT2D eigenvalue weighted by Crippen LogP contribution is -2.35. The summed E-state index contributed by atoms with van der Waals surface area (Å²) in [7, 11) is 3.82. The monoisotopic (exact) mass is 450 g/mol. The molecule has 0 aliphatic carbocycles. The van der Waals surface area contributed by atoms with Gasteiger partial charge >= 0.3 is 0 Å².